The quantitative estimate of drug-likeness (QED) is 0.434. The first-order valence-corrected chi connectivity index (χ1v) is 9.99. The second-order valence-electron chi connectivity index (χ2n) is 6.63. The van der Waals surface area contributed by atoms with Crippen molar-refractivity contribution in [3.63, 3.8) is 0 Å². The molecule has 4 heteroatoms. The van der Waals surface area contributed by atoms with Gasteiger partial charge in [-0.1, -0.05) is 50.8 Å². The van der Waals surface area contributed by atoms with Crippen molar-refractivity contribution in [3.05, 3.63) is 54.1 Å². The molecule has 148 valence electrons. The Morgan fingerprint density at radius 1 is 0.778 bits per heavy atom. The molecule has 0 aromatic heterocycles. The van der Waals surface area contributed by atoms with E-state index >= 15 is 0 Å². The standard InChI is InChI=1S/C23H33NO3/c1-3-4-5-6-7-15-26-23-10-8-9-21(18-23)24-19-20-11-13-22(14-12-20)27-17-16-25-2/h8-14,18,24H,3-7,15-17,19H2,1-2H3. The first-order chi connectivity index (χ1) is 13.3. The van der Waals surface area contributed by atoms with Crippen LogP contribution >= 0.6 is 0 Å². The van der Waals surface area contributed by atoms with Crippen LogP contribution in [0.2, 0.25) is 0 Å². The average molecular weight is 372 g/mol. The van der Waals surface area contributed by atoms with Crippen LogP contribution in [0.15, 0.2) is 48.5 Å². The van der Waals surface area contributed by atoms with Gasteiger partial charge >= 0.3 is 0 Å². The van der Waals surface area contributed by atoms with E-state index in [1.165, 1.54) is 31.2 Å². The summed E-state index contributed by atoms with van der Waals surface area (Å²) in [4.78, 5) is 0. The summed E-state index contributed by atoms with van der Waals surface area (Å²) >= 11 is 0. The Bertz CT molecular complexity index is 628. The van der Waals surface area contributed by atoms with Gasteiger partial charge in [0.2, 0.25) is 0 Å². The summed E-state index contributed by atoms with van der Waals surface area (Å²) in [6.07, 6.45) is 6.27. The van der Waals surface area contributed by atoms with Gasteiger partial charge in [0.1, 0.15) is 18.1 Å². The lowest BCUT2D eigenvalue weighted by Gasteiger charge is -2.11. The molecular weight excluding hydrogens is 338 g/mol. The van der Waals surface area contributed by atoms with Gasteiger partial charge in [-0.25, -0.2) is 0 Å². The van der Waals surface area contributed by atoms with Gasteiger partial charge in [-0.2, -0.15) is 0 Å². The van der Waals surface area contributed by atoms with E-state index in [0.717, 1.165) is 36.8 Å². The molecule has 1 N–H and O–H groups in total. The van der Waals surface area contributed by atoms with E-state index in [4.69, 9.17) is 14.2 Å². The molecule has 0 aliphatic rings. The lowest BCUT2D eigenvalue weighted by Crippen LogP contribution is -2.04. The van der Waals surface area contributed by atoms with Gasteiger partial charge in [-0.3, -0.25) is 0 Å². The van der Waals surface area contributed by atoms with Crippen LogP contribution < -0.4 is 14.8 Å². The fourth-order valence-corrected chi connectivity index (χ4v) is 2.74. The molecule has 0 spiro atoms. The van der Waals surface area contributed by atoms with E-state index in [2.05, 4.69) is 36.5 Å². The predicted molar refractivity (Wildman–Crippen MR) is 112 cm³/mol. The van der Waals surface area contributed by atoms with E-state index in [1.807, 2.05) is 24.3 Å². The lowest BCUT2D eigenvalue weighted by molar-refractivity contribution is 0.146. The normalized spacial score (nSPS) is 10.6. The summed E-state index contributed by atoms with van der Waals surface area (Å²) in [5, 5.41) is 3.45. The minimum atomic E-state index is 0.569. The van der Waals surface area contributed by atoms with E-state index in [-0.39, 0.29) is 0 Å². The molecule has 0 heterocycles. The molecule has 0 amide bonds. The molecule has 4 nitrogen and oxygen atoms in total. The van der Waals surface area contributed by atoms with E-state index < -0.39 is 0 Å². The number of nitrogens with one attached hydrogen (secondary N) is 1. The Morgan fingerprint density at radius 2 is 1.56 bits per heavy atom. The molecule has 0 saturated carbocycles. The van der Waals surface area contributed by atoms with Crippen molar-refractivity contribution in [2.75, 3.05) is 32.2 Å². The summed E-state index contributed by atoms with van der Waals surface area (Å²) in [5.74, 6) is 1.79. The fraction of sp³-hybridized carbons (Fsp3) is 0.478. The van der Waals surface area contributed by atoms with Crippen molar-refractivity contribution in [3.8, 4) is 11.5 Å². The molecule has 0 aliphatic carbocycles. The number of ether oxygens (including phenoxy) is 3. The molecular formula is C23H33NO3. The zero-order valence-corrected chi connectivity index (χ0v) is 16.7. The summed E-state index contributed by atoms with van der Waals surface area (Å²) in [6.45, 7) is 4.96. The number of unbranched alkanes of at least 4 members (excludes halogenated alkanes) is 4. The van der Waals surface area contributed by atoms with Crippen LogP contribution in [0.25, 0.3) is 0 Å². The second-order valence-corrected chi connectivity index (χ2v) is 6.63. The molecule has 0 aliphatic heterocycles. The van der Waals surface area contributed by atoms with Crippen LogP contribution in [0, 0.1) is 0 Å². The lowest BCUT2D eigenvalue weighted by atomic mass is 10.2. The first-order valence-electron chi connectivity index (χ1n) is 9.99. The largest absolute Gasteiger partial charge is 0.494 e. The highest BCUT2D eigenvalue weighted by Crippen LogP contribution is 2.19. The maximum absolute atomic E-state index is 5.87. The van der Waals surface area contributed by atoms with Crippen molar-refractivity contribution in [2.24, 2.45) is 0 Å². The number of rotatable bonds is 14. The molecule has 0 saturated heterocycles. The average Bonchev–Trinajstić information content (AvgIpc) is 2.70. The van der Waals surface area contributed by atoms with Gasteiger partial charge in [0, 0.05) is 25.4 Å². The molecule has 2 aromatic carbocycles. The molecule has 0 radical (unpaired) electrons. The minimum Gasteiger partial charge on any atom is -0.494 e. The predicted octanol–water partition coefficient (Wildman–Crippen LogP) is 5.67. The minimum absolute atomic E-state index is 0.569. The van der Waals surface area contributed by atoms with Crippen molar-refractivity contribution >= 4 is 5.69 Å². The van der Waals surface area contributed by atoms with Gasteiger partial charge in [0.25, 0.3) is 0 Å². The third kappa shape index (κ3) is 8.83. The highest BCUT2D eigenvalue weighted by atomic mass is 16.5. The SMILES string of the molecule is CCCCCCCOc1cccc(NCc2ccc(OCCOC)cc2)c1. The van der Waals surface area contributed by atoms with E-state index in [9.17, 15) is 0 Å². The molecule has 0 atom stereocenters. The van der Waals surface area contributed by atoms with Gasteiger partial charge in [0.15, 0.2) is 0 Å². The van der Waals surface area contributed by atoms with Crippen LogP contribution in [0.4, 0.5) is 5.69 Å². The molecule has 0 fully saturated rings. The summed E-state index contributed by atoms with van der Waals surface area (Å²) in [5.41, 5.74) is 2.27. The number of hydrogen-bond donors (Lipinski definition) is 1. The van der Waals surface area contributed by atoms with Crippen LogP contribution in [-0.2, 0) is 11.3 Å². The third-order valence-electron chi connectivity index (χ3n) is 4.33. The molecule has 2 rings (SSSR count). The maximum atomic E-state index is 5.87. The molecule has 0 unspecified atom stereocenters. The van der Waals surface area contributed by atoms with Crippen molar-refractivity contribution in [2.45, 2.75) is 45.6 Å². The summed E-state index contributed by atoms with van der Waals surface area (Å²) in [7, 11) is 1.67. The third-order valence-corrected chi connectivity index (χ3v) is 4.33. The van der Waals surface area contributed by atoms with Crippen LogP contribution in [0.5, 0.6) is 11.5 Å². The van der Waals surface area contributed by atoms with Crippen molar-refractivity contribution in [1.82, 2.24) is 0 Å². The number of methoxy groups -OCH3 is 1. The smallest absolute Gasteiger partial charge is 0.121 e. The van der Waals surface area contributed by atoms with E-state index in [0.29, 0.717) is 13.2 Å². The van der Waals surface area contributed by atoms with Crippen LogP contribution in [-0.4, -0.2) is 26.9 Å². The number of anilines is 1. The van der Waals surface area contributed by atoms with Crippen molar-refractivity contribution < 1.29 is 14.2 Å². The molecule has 27 heavy (non-hydrogen) atoms. The zero-order valence-electron chi connectivity index (χ0n) is 16.7. The van der Waals surface area contributed by atoms with E-state index in [1.54, 1.807) is 7.11 Å². The number of hydrogen-bond acceptors (Lipinski definition) is 4. The summed E-state index contributed by atoms with van der Waals surface area (Å²) < 4.78 is 16.4. The molecule has 2 aromatic rings. The Labute approximate surface area is 163 Å². The Kier molecular flexibility index (Phi) is 10.2. The van der Waals surface area contributed by atoms with Crippen LogP contribution in [0.1, 0.15) is 44.6 Å². The molecule has 0 bridgehead atoms. The van der Waals surface area contributed by atoms with Crippen LogP contribution in [0.3, 0.4) is 0 Å². The zero-order chi connectivity index (χ0) is 19.2. The first kappa shape index (κ1) is 21.1. The maximum Gasteiger partial charge on any atom is 0.121 e. The Hall–Kier alpha value is -2.20. The monoisotopic (exact) mass is 371 g/mol. The summed E-state index contributed by atoms with van der Waals surface area (Å²) in [6, 6.07) is 16.3. The number of benzene rings is 2. The second kappa shape index (κ2) is 13.0. The topological polar surface area (TPSA) is 39.7 Å². The highest BCUT2D eigenvalue weighted by molar-refractivity contribution is 5.48. The Morgan fingerprint density at radius 3 is 2.33 bits per heavy atom. The van der Waals surface area contributed by atoms with Gasteiger partial charge in [0.05, 0.1) is 13.2 Å². The van der Waals surface area contributed by atoms with Crippen molar-refractivity contribution in [1.29, 1.82) is 0 Å². The van der Waals surface area contributed by atoms with Gasteiger partial charge < -0.3 is 19.5 Å². The Balaban J connectivity index is 1.72. The van der Waals surface area contributed by atoms with Gasteiger partial charge in [-0.05, 0) is 36.2 Å². The fourth-order valence-electron chi connectivity index (χ4n) is 2.74. The van der Waals surface area contributed by atoms with Gasteiger partial charge in [-0.15, -0.1) is 0 Å². The highest BCUT2D eigenvalue weighted by Gasteiger charge is 1.99.